The molecule has 5 rings (SSSR count). The number of methoxy groups -OCH3 is 2. The van der Waals surface area contributed by atoms with Gasteiger partial charge >= 0.3 is 12.1 Å². The van der Waals surface area contributed by atoms with E-state index in [1.807, 2.05) is 32.9 Å². The van der Waals surface area contributed by atoms with Gasteiger partial charge in [-0.1, -0.05) is 24.0 Å². The minimum atomic E-state index is -0.640. The average Bonchev–Trinajstić information content (AvgIpc) is 3.74. The number of rotatable bonds is 9. The molecule has 0 spiro atoms. The number of benzene rings is 2. The lowest BCUT2D eigenvalue weighted by Gasteiger charge is -2.24. The summed E-state index contributed by atoms with van der Waals surface area (Å²) in [7, 11) is 2.80. The molecule has 1 unspecified atom stereocenters. The van der Waals surface area contributed by atoms with Gasteiger partial charge in [-0.2, -0.15) is 0 Å². The first kappa shape index (κ1) is 40.5. The van der Waals surface area contributed by atoms with Gasteiger partial charge in [-0.25, -0.2) is 19.6 Å². The lowest BCUT2D eigenvalue weighted by atomic mass is 10.1. The number of carbonyl (C=O) groups is 3. The van der Waals surface area contributed by atoms with Crippen LogP contribution in [0.1, 0.15) is 47.9 Å². The number of hydrogen-bond acceptors (Lipinski definition) is 11. The maximum Gasteiger partial charge on any atom is 0.410 e. The van der Waals surface area contributed by atoms with Crippen LogP contribution in [0.3, 0.4) is 0 Å². The van der Waals surface area contributed by atoms with Crippen molar-refractivity contribution < 1.29 is 33.3 Å². The molecule has 2 aromatic carbocycles. The van der Waals surface area contributed by atoms with Crippen molar-refractivity contribution in [1.82, 2.24) is 24.0 Å². The molecule has 17 heteroatoms. The average molecular weight is 835 g/mol. The van der Waals surface area contributed by atoms with Crippen LogP contribution < -0.4 is 26.7 Å². The number of allylic oxidation sites excluding steroid dienone is 2. The van der Waals surface area contributed by atoms with Crippen LogP contribution in [0.5, 0.6) is 11.5 Å². The predicted octanol–water partition coefficient (Wildman–Crippen LogP) is 4.50. The number of esters is 1. The number of imidazole rings is 2. The summed E-state index contributed by atoms with van der Waals surface area (Å²) < 4.78 is 25.4. The standard InChI is InChI=1S/C34H40N8O7.2BrH/c1-34(2,3)49-33(45)40-13-10-20(19-40)9-8-14-48-26-17-21(29(35)43)15-23-28(26)42(32(37)38-23)12-7-6-11-41-27-24(39-31(41)36)16-22(30(44)47-5)18-25(27)46-4;;/h6-7,15-18,20H,10-14,19H2,1-5H3,(H2,35,43)(H2,36,39)(H2,37,38);2*1H/b7-6+;;. The molecule has 0 saturated carbocycles. The number of hydrogen-bond donors (Lipinski definition) is 3. The van der Waals surface area contributed by atoms with E-state index in [0.29, 0.717) is 65.3 Å². The number of halogens is 2. The number of likely N-dealkylation sites (tertiary alicyclic amines) is 1. The molecule has 15 nitrogen and oxygen atoms in total. The van der Waals surface area contributed by atoms with Gasteiger partial charge in [-0.3, -0.25) is 4.79 Å². The zero-order valence-corrected chi connectivity index (χ0v) is 32.4. The number of nitrogen functional groups attached to an aromatic ring is 2. The smallest absolute Gasteiger partial charge is 0.410 e. The Kier molecular flexibility index (Phi) is 13.4. The Hall–Kier alpha value is -4.95. The Morgan fingerprint density at radius 3 is 2.04 bits per heavy atom. The minimum Gasteiger partial charge on any atom is -0.494 e. The van der Waals surface area contributed by atoms with Crippen LogP contribution in [0.4, 0.5) is 16.7 Å². The highest BCUT2D eigenvalue weighted by Crippen LogP contribution is 2.32. The Morgan fingerprint density at radius 2 is 1.49 bits per heavy atom. The summed E-state index contributed by atoms with van der Waals surface area (Å²) in [5.74, 6) is 6.24. The molecular weight excluding hydrogens is 792 g/mol. The van der Waals surface area contributed by atoms with Crippen molar-refractivity contribution in [2.24, 2.45) is 11.7 Å². The zero-order valence-electron chi connectivity index (χ0n) is 28.9. The molecule has 2 aromatic heterocycles. The first-order valence-corrected chi connectivity index (χ1v) is 15.5. The third kappa shape index (κ3) is 9.24. The number of ether oxygens (including phenoxy) is 4. The summed E-state index contributed by atoms with van der Waals surface area (Å²) in [5, 5.41) is 0. The van der Waals surface area contributed by atoms with Gasteiger partial charge in [0, 0.05) is 37.7 Å². The molecule has 0 aliphatic carbocycles. The van der Waals surface area contributed by atoms with Crippen molar-refractivity contribution in [2.45, 2.75) is 45.9 Å². The van der Waals surface area contributed by atoms with E-state index in [1.54, 1.807) is 38.3 Å². The van der Waals surface area contributed by atoms with Crippen LogP contribution in [0, 0.1) is 17.8 Å². The Bertz CT molecular complexity index is 2020. The molecule has 1 saturated heterocycles. The molecule has 1 aliphatic heterocycles. The quantitative estimate of drug-likeness (QED) is 0.122. The molecular formula is C34H42Br2N8O7. The van der Waals surface area contributed by atoms with Gasteiger partial charge in [0.05, 0.1) is 30.8 Å². The largest absolute Gasteiger partial charge is 0.494 e. The number of carbonyl (C=O) groups excluding carboxylic acids is 3. The van der Waals surface area contributed by atoms with Crippen LogP contribution in [-0.4, -0.2) is 81.5 Å². The lowest BCUT2D eigenvalue weighted by Crippen LogP contribution is -2.35. The Balaban J connectivity index is 0.00000351. The fourth-order valence-corrected chi connectivity index (χ4v) is 5.54. The van der Waals surface area contributed by atoms with Crippen LogP contribution >= 0.6 is 34.0 Å². The van der Waals surface area contributed by atoms with Crippen molar-refractivity contribution in [2.75, 3.05) is 45.4 Å². The summed E-state index contributed by atoms with van der Waals surface area (Å²) >= 11 is 0. The first-order valence-electron chi connectivity index (χ1n) is 15.5. The summed E-state index contributed by atoms with van der Waals surface area (Å²) in [6.07, 6.45) is 4.13. The summed E-state index contributed by atoms with van der Waals surface area (Å²) in [4.78, 5) is 47.1. The molecule has 0 radical (unpaired) electrons. The van der Waals surface area contributed by atoms with Crippen molar-refractivity contribution in [1.29, 1.82) is 0 Å². The van der Waals surface area contributed by atoms with Crippen molar-refractivity contribution in [3.05, 3.63) is 47.5 Å². The summed E-state index contributed by atoms with van der Waals surface area (Å²) in [6.45, 7) is 7.19. The van der Waals surface area contributed by atoms with E-state index in [1.165, 1.54) is 14.2 Å². The van der Waals surface area contributed by atoms with Crippen molar-refractivity contribution >= 4 is 85.9 Å². The van der Waals surface area contributed by atoms with E-state index in [4.69, 9.17) is 36.1 Å². The van der Waals surface area contributed by atoms with E-state index in [-0.39, 0.29) is 70.0 Å². The molecule has 2 amide bonds. The van der Waals surface area contributed by atoms with E-state index in [0.717, 1.165) is 6.42 Å². The maximum atomic E-state index is 12.4. The summed E-state index contributed by atoms with van der Waals surface area (Å²) in [6, 6.07) is 6.27. The molecule has 4 aromatic rings. The van der Waals surface area contributed by atoms with Crippen LogP contribution in [-0.2, 0) is 22.6 Å². The van der Waals surface area contributed by atoms with Gasteiger partial charge in [0.1, 0.15) is 34.7 Å². The van der Waals surface area contributed by atoms with Crippen LogP contribution in [0.25, 0.3) is 22.1 Å². The molecule has 274 valence electrons. The lowest BCUT2D eigenvalue weighted by molar-refractivity contribution is 0.0291. The molecule has 1 atom stereocenters. The molecule has 1 aliphatic rings. The van der Waals surface area contributed by atoms with E-state index in [9.17, 15) is 14.4 Å². The van der Waals surface area contributed by atoms with Crippen molar-refractivity contribution in [3.8, 4) is 23.3 Å². The Morgan fingerprint density at radius 1 is 0.922 bits per heavy atom. The van der Waals surface area contributed by atoms with E-state index < -0.39 is 17.5 Å². The third-order valence-electron chi connectivity index (χ3n) is 7.79. The number of anilines is 2. The second-order valence-electron chi connectivity index (χ2n) is 12.4. The normalized spacial score (nSPS) is 14.1. The molecule has 0 bridgehead atoms. The first-order chi connectivity index (χ1) is 23.3. The topological polar surface area (TPSA) is 205 Å². The van der Waals surface area contributed by atoms with Gasteiger partial charge in [-0.05, 0) is 51.5 Å². The highest BCUT2D eigenvalue weighted by atomic mass is 79.9. The maximum absolute atomic E-state index is 12.4. The number of nitrogens with zero attached hydrogens (tertiary/aromatic N) is 5. The number of nitrogens with two attached hydrogens (primary N) is 3. The predicted molar refractivity (Wildman–Crippen MR) is 204 cm³/mol. The van der Waals surface area contributed by atoms with Crippen LogP contribution in [0.2, 0.25) is 0 Å². The van der Waals surface area contributed by atoms with Crippen LogP contribution in [0.15, 0.2) is 36.4 Å². The highest BCUT2D eigenvalue weighted by Gasteiger charge is 2.29. The van der Waals surface area contributed by atoms with Gasteiger partial charge in [0.2, 0.25) is 17.8 Å². The van der Waals surface area contributed by atoms with E-state index in [2.05, 4.69) is 21.8 Å². The van der Waals surface area contributed by atoms with Crippen molar-refractivity contribution in [3.63, 3.8) is 0 Å². The third-order valence-corrected chi connectivity index (χ3v) is 7.79. The fraction of sp³-hybridized carbons (Fsp3) is 0.382. The monoisotopic (exact) mass is 832 g/mol. The van der Waals surface area contributed by atoms with Gasteiger partial charge in [0.15, 0.2) is 0 Å². The SMILES string of the molecule is Br.Br.COC(=O)c1cc(OC)c2c(c1)nc(N)n2C/C=C/Cn1c(N)nc2cc(C(N)=O)cc(OCC#CC3CCN(C(=O)OC(C)(C)C)C3)c21. The second-order valence-corrected chi connectivity index (χ2v) is 12.4. The zero-order chi connectivity index (χ0) is 35.5. The Labute approximate surface area is 315 Å². The van der Waals surface area contributed by atoms with Gasteiger partial charge < -0.3 is 50.2 Å². The fourth-order valence-electron chi connectivity index (χ4n) is 5.54. The molecule has 6 N–H and O–H groups in total. The number of aromatic nitrogens is 4. The number of fused-ring (bicyclic) bond motifs is 2. The number of amides is 2. The molecule has 3 heterocycles. The van der Waals surface area contributed by atoms with E-state index >= 15 is 0 Å². The molecule has 1 fully saturated rings. The summed E-state index contributed by atoms with van der Waals surface area (Å²) in [5.41, 5.74) is 20.2. The second kappa shape index (κ2) is 16.8. The minimum absolute atomic E-state index is 0. The highest BCUT2D eigenvalue weighted by molar-refractivity contribution is 8.93. The van der Waals surface area contributed by atoms with Gasteiger partial charge in [-0.15, -0.1) is 34.0 Å². The molecule has 51 heavy (non-hydrogen) atoms. The van der Waals surface area contributed by atoms with Gasteiger partial charge in [0.25, 0.3) is 0 Å². The number of primary amides is 1.